The molecule has 1 N–H and O–H groups in total. The number of hydrogen-bond acceptors (Lipinski definition) is 2. The van der Waals surface area contributed by atoms with Crippen LogP contribution in [0, 0.1) is 13.8 Å². The van der Waals surface area contributed by atoms with E-state index in [0.717, 1.165) is 15.6 Å². The van der Waals surface area contributed by atoms with E-state index < -0.39 is 0 Å². The van der Waals surface area contributed by atoms with E-state index >= 15 is 0 Å². The number of pyridine rings is 1. The SMILES string of the molecule is Cc1cc(C(=O)Nc2cnc(Cl)c(C)c2)ccc1Br. The smallest absolute Gasteiger partial charge is 0.255 e. The molecule has 0 saturated carbocycles. The average molecular weight is 340 g/mol. The zero-order valence-corrected chi connectivity index (χ0v) is 12.8. The monoisotopic (exact) mass is 338 g/mol. The fourth-order valence-electron chi connectivity index (χ4n) is 1.62. The Bertz CT molecular complexity index is 643. The summed E-state index contributed by atoms with van der Waals surface area (Å²) >= 11 is 9.25. The lowest BCUT2D eigenvalue weighted by Crippen LogP contribution is -2.12. The highest BCUT2D eigenvalue weighted by molar-refractivity contribution is 9.10. The molecular weight excluding hydrogens is 328 g/mol. The van der Waals surface area contributed by atoms with E-state index in [9.17, 15) is 4.79 Å². The number of amides is 1. The van der Waals surface area contributed by atoms with E-state index in [-0.39, 0.29) is 5.91 Å². The van der Waals surface area contributed by atoms with Crippen LogP contribution in [0.3, 0.4) is 0 Å². The Morgan fingerprint density at radius 2 is 2.00 bits per heavy atom. The summed E-state index contributed by atoms with van der Waals surface area (Å²) in [7, 11) is 0. The van der Waals surface area contributed by atoms with E-state index in [1.807, 2.05) is 26.0 Å². The molecule has 0 aliphatic rings. The summed E-state index contributed by atoms with van der Waals surface area (Å²) in [4.78, 5) is 16.1. The van der Waals surface area contributed by atoms with Crippen molar-refractivity contribution in [1.29, 1.82) is 0 Å². The maximum absolute atomic E-state index is 12.1. The van der Waals surface area contributed by atoms with E-state index in [1.165, 1.54) is 0 Å². The Balaban J connectivity index is 2.20. The number of carbonyl (C=O) groups excluding carboxylic acids is 1. The van der Waals surface area contributed by atoms with E-state index in [1.54, 1.807) is 18.3 Å². The lowest BCUT2D eigenvalue weighted by atomic mass is 10.1. The van der Waals surface area contributed by atoms with Crippen molar-refractivity contribution in [1.82, 2.24) is 4.98 Å². The average Bonchev–Trinajstić information content (AvgIpc) is 2.37. The summed E-state index contributed by atoms with van der Waals surface area (Å²) in [5.74, 6) is -0.167. The van der Waals surface area contributed by atoms with Gasteiger partial charge in [-0.1, -0.05) is 27.5 Å². The molecular formula is C14H12BrClN2O. The molecule has 0 spiro atoms. The number of halogens is 2. The summed E-state index contributed by atoms with van der Waals surface area (Å²) in [6.45, 7) is 3.78. The molecule has 1 amide bonds. The van der Waals surface area contributed by atoms with Gasteiger partial charge < -0.3 is 5.32 Å². The number of rotatable bonds is 2. The van der Waals surface area contributed by atoms with Crippen molar-refractivity contribution in [2.24, 2.45) is 0 Å². The minimum Gasteiger partial charge on any atom is -0.321 e. The second-order valence-corrected chi connectivity index (χ2v) is 5.46. The molecule has 2 rings (SSSR count). The first-order chi connectivity index (χ1) is 8.97. The van der Waals surface area contributed by atoms with Crippen LogP contribution >= 0.6 is 27.5 Å². The number of aryl methyl sites for hydroxylation is 2. The molecule has 19 heavy (non-hydrogen) atoms. The highest BCUT2D eigenvalue weighted by Crippen LogP contribution is 2.19. The van der Waals surface area contributed by atoms with Crippen LogP contribution in [-0.2, 0) is 0 Å². The number of nitrogens with zero attached hydrogens (tertiary/aromatic N) is 1. The van der Waals surface area contributed by atoms with Gasteiger partial charge in [0.2, 0.25) is 0 Å². The van der Waals surface area contributed by atoms with Gasteiger partial charge in [-0.05, 0) is 49.2 Å². The second-order valence-electron chi connectivity index (χ2n) is 4.25. The Morgan fingerprint density at radius 1 is 1.26 bits per heavy atom. The van der Waals surface area contributed by atoms with Gasteiger partial charge in [-0.25, -0.2) is 4.98 Å². The van der Waals surface area contributed by atoms with E-state index in [0.29, 0.717) is 16.4 Å². The minimum absolute atomic E-state index is 0.167. The molecule has 98 valence electrons. The normalized spacial score (nSPS) is 10.3. The summed E-state index contributed by atoms with van der Waals surface area (Å²) in [6.07, 6.45) is 1.54. The lowest BCUT2D eigenvalue weighted by Gasteiger charge is -2.07. The van der Waals surface area contributed by atoms with Gasteiger partial charge in [-0.2, -0.15) is 0 Å². The van der Waals surface area contributed by atoms with Gasteiger partial charge in [0, 0.05) is 10.0 Å². The minimum atomic E-state index is -0.167. The van der Waals surface area contributed by atoms with E-state index in [4.69, 9.17) is 11.6 Å². The van der Waals surface area contributed by atoms with Crippen molar-refractivity contribution < 1.29 is 4.79 Å². The van der Waals surface area contributed by atoms with Crippen LogP contribution in [0.4, 0.5) is 5.69 Å². The number of carbonyl (C=O) groups is 1. The van der Waals surface area contributed by atoms with Crippen molar-refractivity contribution >= 4 is 39.1 Å². The van der Waals surface area contributed by atoms with Crippen molar-refractivity contribution in [3.05, 3.63) is 56.8 Å². The summed E-state index contributed by atoms with van der Waals surface area (Å²) in [6, 6.07) is 7.24. The van der Waals surface area contributed by atoms with Crippen LogP contribution in [0.1, 0.15) is 21.5 Å². The third-order valence-corrected chi connectivity index (χ3v) is 3.98. The first-order valence-corrected chi connectivity index (χ1v) is 6.84. The highest BCUT2D eigenvalue weighted by Gasteiger charge is 2.08. The Hall–Kier alpha value is -1.39. The molecule has 0 radical (unpaired) electrons. The molecule has 2 aromatic rings. The number of anilines is 1. The molecule has 3 nitrogen and oxygen atoms in total. The molecule has 5 heteroatoms. The number of hydrogen-bond donors (Lipinski definition) is 1. The molecule has 0 fully saturated rings. The summed E-state index contributed by atoms with van der Waals surface area (Å²) in [5, 5.41) is 3.24. The van der Waals surface area contributed by atoms with Crippen molar-refractivity contribution in [2.45, 2.75) is 13.8 Å². The van der Waals surface area contributed by atoms with Gasteiger partial charge in [0.15, 0.2) is 0 Å². The fraction of sp³-hybridized carbons (Fsp3) is 0.143. The van der Waals surface area contributed by atoms with Crippen LogP contribution in [0.5, 0.6) is 0 Å². The maximum atomic E-state index is 12.1. The quantitative estimate of drug-likeness (QED) is 0.826. The van der Waals surface area contributed by atoms with Gasteiger partial charge in [-0.3, -0.25) is 4.79 Å². The standard InChI is InChI=1S/C14H12BrClN2O/c1-8-5-10(3-4-12(8)15)14(19)18-11-6-9(2)13(16)17-7-11/h3-7H,1-2H3,(H,18,19). The number of aromatic nitrogens is 1. The topological polar surface area (TPSA) is 42.0 Å². The highest BCUT2D eigenvalue weighted by atomic mass is 79.9. The molecule has 0 atom stereocenters. The number of benzene rings is 1. The third-order valence-electron chi connectivity index (χ3n) is 2.69. The molecule has 0 aliphatic heterocycles. The summed E-state index contributed by atoms with van der Waals surface area (Å²) < 4.78 is 0.980. The predicted molar refractivity (Wildman–Crippen MR) is 80.8 cm³/mol. The fourth-order valence-corrected chi connectivity index (χ4v) is 1.97. The Morgan fingerprint density at radius 3 is 2.63 bits per heavy atom. The van der Waals surface area contributed by atoms with Gasteiger partial charge in [-0.15, -0.1) is 0 Å². The molecule has 0 aliphatic carbocycles. The van der Waals surface area contributed by atoms with Gasteiger partial charge >= 0.3 is 0 Å². The van der Waals surface area contributed by atoms with Crippen molar-refractivity contribution in [3.8, 4) is 0 Å². The predicted octanol–water partition coefficient (Wildman–Crippen LogP) is 4.37. The van der Waals surface area contributed by atoms with Crippen LogP contribution in [-0.4, -0.2) is 10.9 Å². The van der Waals surface area contributed by atoms with Crippen LogP contribution in [0.25, 0.3) is 0 Å². The lowest BCUT2D eigenvalue weighted by molar-refractivity contribution is 0.102. The molecule has 1 heterocycles. The van der Waals surface area contributed by atoms with Crippen LogP contribution in [0.15, 0.2) is 34.9 Å². The zero-order chi connectivity index (χ0) is 14.0. The Kier molecular flexibility index (Phi) is 4.22. The first-order valence-electron chi connectivity index (χ1n) is 5.67. The molecule has 0 saturated heterocycles. The largest absolute Gasteiger partial charge is 0.321 e. The van der Waals surface area contributed by atoms with Crippen molar-refractivity contribution in [2.75, 3.05) is 5.32 Å². The van der Waals surface area contributed by atoms with Crippen LogP contribution < -0.4 is 5.32 Å². The molecule has 1 aromatic carbocycles. The van der Waals surface area contributed by atoms with Gasteiger partial charge in [0.05, 0.1) is 11.9 Å². The van der Waals surface area contributed by atoms with Crippen molar-refractivity contribution in [3.63, 3.8) is 0 Å². The molecule has 1 aromatic heterocycles. The molecule has 0 bridgehead atoms. The maximum Gasteiger partial charge on any atom is 0.255 e. The van der Waals surface area contributed by atoms with Gasteiger partial charge in [0.1, 0.15) is 5.15 Å². The number of nitrogens with one attached hydrogen (secondary N) is 1. The van der Waals surface area contributed by atoms with Crippen LogP contribution in [0.2, 0.25) is 5.15 Å². The Labute approximate surface area is 125 Å². The first kappa shape index (κ1) is 14.0. The zero-order valence-electron chi connectivity index (χ0n) is 10.5. The summed E-state index contributed by atoms with van der Waals surface area (Å²) in [5.41, 5.74) is 3.07. The molecule has 0 unspecified atom stereocenters. The van der Waals surface area contributed by atoms with Gasteiger partial charge in [0.25, 0.3) is 5.91 Å². The second kappa shape index (κ2) is 5.72. The third kappa shape index (κ3) is 3.33. The van der Waals surface area contributed by atoms with E-state index in [2.05, 4.69) is 26.2 Å².